The van der Waals surface area contributed by atoms with E-state index < -0.39 is 0 Å². The number of hydrogen-bond donors (Lipinski definition) is 0. The summed E-state index contributed by atoms with van der Waals surface area (Å²) >= 11 is 6.85. The van der Waals surface area contributed by atoms with Crippen molar-refractivity contribution in [3.63, 3.8) is 0 Å². The second kappa shape index (κ2) is 6.99. The van der Waals surface area contributed by atoms with Crippen molar-refractivity contribution < 1.29 is 9.47 Å². The first-order valence-electron chi connectivity index (χ1n) is 6.66. The summed E-state index contributed by atoms with van der Waals surface area (Å²) in [6.45, 7) is 0. The van der Waals surface area contributed by atoms with E-state index in [0.717, 1.165) is 31.9 Å². The molecule has 0 aliphatic rings. The van der Waals surface area contributed by atoms with Gasteiger partial charge in [-0.2, -0.15) is 0 Å². The van der Waals surface area contributed by atoms with Gasteiger partial charge in [-0.3, -0.25) is 0 Å². The average molecular weight is 420 g/mol. The highest BCUT2D eigenvalue weighted by Crippen LogP contribution is 2.28. The summed E-state index contributed by atoms with van der Waals surface area (Å²) in [4.78, 5) is 0. The fourth-order valence-electron chi connectivity index (χ4n) is 1.91. The highest BCUT2D eigenvalue weighted by Gasteiger charge is 2.01. The number of ether oxygens (including phenoxy) is 2. The molecule has 0 aliphatic carbocycles. The van der Waals surface area contributed by atoms with Gasteiger partial charge in [-0.05, 0) is 60.7 Å². The maximum Gasteiger partial charge on any atom is 0.128 e. The summed E-state index contributed by atoms with van der Waals surface area (Å²) in [5.74, 6) is 3.10. The topological polar surface area (TPSA) is 18.5 Å². The Morgan fingerprint density at radius 1 is 0.500 bits per heavy atom. The van der Waals surface area contributed by atoms with Crippen LogP contribution in [-0.4, -0.2) is 0 Å². The van der Waals surface area contributed by atoms with Gasteiger partial charge in [0.15, 0.2) is 0 Å². The molecule has 4 heteroatoms. The molecule has 22 heavy (non-hydrogen) atoms. The van der Waals surface area contributed by atoms with Crippen molar-refractivity contribution in [1.82, 2.24) is 0 Å². The molecule has 0 N–H and O–H groups in total. The molecule has 110 valence electrons. The maximum atomic E-state index is 5.79. The Balaban J connectivity index is 1.70. The number of rotatable bonds is 4. The Morgan fingerprint density at radius 2 is 0.909 bits per heavy atom. The Labute approximate surface area is 146 Å². The molecule has 0 aromatic heterocycles. The normalized spacial score (nSPS) is 10.3. The summed E-state index contributed by atoms with van der Waals surface area (Å²) in [6, 6.07) is 23.0. The van der Waals surface area contributed by atoms with E-state index in [1.54, 1.807) is 0 Å². The largest absolute Gasteiger partial charge is 0.457 e. The fraction of sp³-hybridized carbons (Fsp3) is 0. The first-order chi connectivity index (χ1) is 10.7. The van der Waals surface area contributed by atoms with Gasteiger partial charge < -0.3 is 9.47 Å². The van der Waals surface area contributed by atoms with Crippen molar-refractivity contribution in [2.45, 2.75) is 0 Å². The third-order valence-corrected chi connectivity index (χ3v) is 3.87. The van der Waals surface area contributed by atoms with Crippen LogP contribution in [0.25, 0.3) is 0 Å². The molecule has 0 spiro atoms. The molecule has 3 rings (SSSR count). The monoisotopic (exact) mass is 418 g/mol. The molecule has 0 atom stereocenters. The van der Waals surface area contributed by atoms with Gasteiger partial charge in [-0.25, -0.2) is 0 Å². The van der Waals surface area contributed by atoms with Crippen molar-refractivity contribution in [3.8, 4) is 23.0 Å². The van der Waals surface area contributed by atoms with E-state index in [4.69, 9.17) is 9.47 Å². The van der Waals surface area contributed by atoms with E-state index in [9.17, 15) is 0 Å². The third-order valence-electron chi connectivity index (χ3n) is 2.89. The smallest absolute Gasteiger partial charge is 0.128 e. The summed E-state index contributed by atoms with van der Waals surface area (Å²) in [7, 11) is 0. The first kappa shape index (κ1) is 15.1. The highest BCUT2D eigenvalue weighted by atomic mass is 79.9. The lowest BCUT2D eigenvalue weighted by Gasteiger charge is -2.08. The lowest BCUT2D eigenvalue weighted by atomic mass is 10.3. The van der Waals surface area contributed by atoms with Gasteiger partial charge in [0.2, 0.25) is 0 Å². The Morgan fingerprint density at radius 3 is 1.27 bits per heavy atom. The molecule has 0 bridgehead atoms. The Bertz CT molecular complexity index is 704. The van der Waals surface area contributed by atoms with Crippen molar-refractivity contribution in [2.75, 3.05) is 0 Å². The standard InChI is InChI=1S/C18H12Br2O2/c19-13-3-1-5-17(11-13)21-15-7-9-16(10-8-15)22-18-6-2-4-14(20)12-18/h1-12H. The van der Waals surface area contributed by atoms with E-state index >= 15 is 0 Å². The van der Waals surface area contributed by atoms with Gasteiger partial charge >= 0.3 is 0 Å². The van der Waals surface area contributed by atoms with Crippen molar-refractivity contribution in [2.24, 2.45) is 0 Å². The molecule has 0 fully saturated rings. The molecule has 0 aliphatic heterocycles. The lowest BCUT2D eigenvalue weighted by Crippen LogP contribution is -1.86. The van der Waals surface area contributed by atoms with Crippen LogP contribution >= 0.6 is 31.9 Å². The molecular formula is C18H12Br2O2. The van der Waals surface area contributed by atoms with Gasteiger partial charge in [0, 0.05) is 8.95 Å². The van der Waals surface area contributed by atoms with Crippen LogP contribution in [0.2, 0.25) is 0 Å². The molecule has 0 heterocycles. The van der Waals surface area contributed by atoms with E-state index in [0.29, 0.717) is 0 Å². The molecule has 2 nitrogen and oxygen atoms in total. The summed E-state index contributed by atoms with van der Waals surface area (Å²) in [5.41, 5.74) is 0. The Kier molecular flexibility index (Phi) is 4.80. The Hall–Kier alpha value is -1.78. The first-order valence-corrected chi connectivity index (χ1v) is 8.24. The van der Waals surface area contributed by atoms with E-state index in [2.05, 4.69) is 31.9 Å². The van der Waals surface area contributed by atoms with Crippen molar-refractivity contribution in [1.29, 1.82) is 0 Å². The van der Waals surface area contributed by atoms with Gasteiger partial charge in [0.1, 0.15) is 23.0 Å². The summed E-state index contributed by atoms with van der Waals surface area (Å²) in [5, 5.41) is 0. The highest BCUT2D eigenvalue weighted by molar-refractivity contribution is 9.10. The molecule has 0 saturated carbocycles. The zero-order chi connectivity index (χ0) is 15.4. The predicted octanol–water partition coefficient (Wildman–Crippen LogP) is 6.80. The van der Waals surface area contributed by atoms with Crippen LogP contribution in [0.4, 0.5) is 0 Å². The second-order valence-corrected chi connectivity index (χ2v) is 6.42. The van der Waals surface area contributed by atoms with Crippen molar-refractivity contribution >= 4 is 31.9 Å². The van der Waals surface area contributed by atoms with Gasteiger partial charge in [0.25, 0.3) is 0 Å². The van der Waals surface area contributed by atoms with Crippen LogP contribution < -0.4 is 9.47 Å². The van der Waals surface area contributed by atoms with Gasteiger partial charge in [-0.1, -0.05) is 44.0 Å². The minimum atomic E-state index is 0.764. The molecule has 3 aromatic rings. The summed E-state index contributed by atoms with van der Waals surface area (Å²) in [6.07, 6.45) is 0. The number of benzene rings is 3. The van der Waals surface area contributed by atoms with Crippen LogP contribution in [0.15, 0.2) is 81.7 Å². The van der Waals surface area contributed by atoms with Crippen LogP contribution in [0, 0.1) is 0 Å². The quantitative estimate of drug-likeness (QED) is 0.463. The zero-order valence-electron chi connectivity index (χ0n) is 11.5. The van der Waals surface area contributed by atoms with Crippen LogP contribution in [0.3, 0.4) is 0 Å². The minimum Gasteiger partial charge on any atom is -0.457 e. The lowest BCUT2D eigenvalue weighted by molar-refractivity contribution is 0.469. The SMILES string of the molecule is Brc1cccc(Oc2ccc(Oc3cccc(Br)c3)cc2)c1. The van der Waals surface area contributed by atoms with E-state index in [1.165, 1.54) is 0 Å². The minimum absolute atomic E-state index is 0.764. The number of hydrogen-bond acceptors (Lipinski definition) is 2. The zero-order valence-corrected chi connectivity index (χ0v) is 14.7. The van der Waals surface area contributed by atoms with Crippen LogP contribution in [-0.2, 0) is 0 Å². The van der Waals surface area contributed by atoms with Crippen molar-refractivity contribution in [3.05, 3.63) is 81.7 Å². The van der Waals surface area contributed by atoms with Crippen LogP contribution in [0.1, 0.15) is 0 Å². The van der Waals surface area contributed by atoms with E-state index in [-0.39, 0.29) is 0 Å². The average Bonchev–Trinajstić information content (AvgIpc) is 2.49. The molecule has 3 aromatic carbocycles. The van der Waals surface area contributed by atoms with Gasteiger partial charge in [-0.15, -0.1) is 0 Å². The second-order valence-electron chi connectivity index (χ2n) is 4.59. The summed E-state index contributed by atoms with van der Waals surface area (Å²) < 4.78 is 13.6. The third kappa shape index (κ3) is 4.12. The molecule has 0 amide bonds. The molecule has 0 unspecified atom stereocenters. The fourth-order valence-corrected chi connectivity index (χ4v) is 2.67. The molecular weight excluding hydrogens is 408 g/mol. The predicted molar refractivity (Wildman–Crippen MR) is 94.9 cm³/mol. The van der Waals surface area contributed by atoms with E-state index in [1.807, 2.05) is 72.8 Å². The maximum absolute atomic E-state index is 5.79. The van der Waals surface area contributed by atoms with Crippen LogP contribution in [0.5, 0.6) is 23.0 Å². The number of halogens is 2. The molecule has 0 radical (unpaired) electrons. The van der Waals surface area contributed by atoms with Gasteiger partial charge in [0.05, 0.1) is 0 Å². The molecule has 0 saturated heterocycles.